The number of hydrogen-bond donors (Lipinski definition) is 1. The van der Waals surface area contributed by atoms with Gasteiger partial charge in [-0.1, -0.05) is 12.1 Å². The van der Waals surface area contributed by atoms with Gasteiger partial charge in [0.2, 0.25) is 5.91 Å². The summed E-state index contributed by atoms with van der Waals surface area (Å²) >= 11 is 0. The van der Waals surface area contributed by atoms with Crippen molar-refractivity contribution in [2.24, 2.45) is 5.92 Å². The van der Waals surface area contributed by atoms with E-state index >= 15 is 0 Å². The maximum Gasteiger partial charge on any atom is 0.222 e. The minimum absolute atomic E-state index is 0.233. The molecule has 1 saturated heterocycles. The van der Waals surface area contributed by atoms with E-state index in [1.54, 1.807) is 0 Å². The first-order valence-corrected chi connectivity index (χ1v) is 7.39. The fraction of sp³-hybridized carbons (Fsp3) is 0.562. The molecule has 1 unspecified atom stereocenters. The van der Waals surface area contributed by atoms with Gasteiger partial charge in [-0.3, -0.25) is 4.79 Å². The van der Waals surface area contributed by atoms with Gasteiger partial charge in [-0.2, -0.15) is 0 Å². The molecule has 4 heteroatoms. The average Bonchev–Trinajstić information content (AvgIpc) is 2.97. The third kappa shape index (κ3) is 4.23. The molecule has 0 aromatic heterocycles. The van der Waals surface area contributed by atoms with Gasteiger partial charge in [-0.25, -0.2) is 0 Å². The number of amides is 1. The smallest absolute Gasteiger partial charge is 0.222 e. The molecule has 20 heavy (non-hydrogen) atoms. The van der Waals surface area contributed by atoms with Crippen LogP contribution in [0.2, 0.25) is 0 Å². The third-order valence-electron chi connectivity index (χ3n) is 3.84. The predicted octanol–water partition coefficient (Wildman–Crippen LogP) is 2.09. The first kappa shape index (κ1) is 14.9. The minimum Gasteiger partial charge on any atom is -0.399 e. The van der Waals surface area contributed by atoms with Gasteiger partial charge >= 0.3 is 0 Å². The molecule has 1 heterocycles. The van der Waals surface area contributed by atoms with Crippen LogP contribution in [0, 0.1) is 5.92 Å². The third-order valence-corrected chi connectivity index (χ3v) is 3.84. The fourth-order valence-electron chi connectivity index (χ4n) is 2.54. The van der Waals surface area contributed by atoms with Crippen molar-refractivity contribution in [1.82, 2.24) is 4.90 Å². The molecule has 1 aromatic rings. The molecule has 2 rings (SSSR count). The number of aryl methyl sites for hydroxylation is 1. The van der Waals surface area contributed by atoms with Crippen LogP contribution < -0.4 is 5.73 Å². The SMILES string of the molecule is CCN(CC1CCOC1)C(=O)CCc1ccc(N)cc1. The molecule has 0 spiro atoms. The maximum absolute atomic E-state index is 12.3. The lowest BCUT2D eigenvalue weighted by atomic mass is 10.1. The van der Waals surface area contributed by atoms with Gasteiger partial charge in [0.25, 0.3) is 0 Å². The Kier molecular flexibility index (Phi) is 5.41. The monoisotopic (exact) mass is 276 g/mol. The summed E-state index contributed by atoms with van der Waals surface area (Å²) in [5.41, 5.74) is 7.58. The van der Waals surface area contributed by atoms with Crippen molar-refractivity contribution in [3.8, 4) is 0 Å². The molecule has 1 aliphatic heterocycles. The summed E-state index contributed by atoms with van der Waals surface area (Å²) in [7, 11) is 0. The Morgan fingerprint density at radius 1 is 1.40 bits per heavy atom. The molecule has 1 atom stereocenters. The van der Waals surface area contributed by atoms with Gasteiger partial charge in [0.1, 0.15) is 0 Å². The highest BCUT2D eigenvalue weighted by molar-refractivity contribution is 5.76. The Balaban J connectivity index is 1.80. The van der Waals surface area contributed by atoms with Gasteiger partial charge in [0.05, 0.1) is 6.61 Å². The lowest BCUT2D eigenvalue weighted by Crippen LogP contribution is -2.35. The van der Waals surface area contributed by atoms with Crippen molar-refractivity contribution >= 4 is 11.6 Å². The van der Waals surface area contributed by atoms with E-state index in [1.807, 2.05) is 36.1 Å². The summed E-state index contributed by atoms with van der Waals surface area (Å²) in [6.07, 6.45) is 2.41. The van der Waals surface area contributed by atoms with Crippen LogP contribution in [0.4, 0.5) is 5.69 Å². The Labute approximate surface area is 120 Å². The number of rotatable bonds is 6. The quantitative estimate of drug-likeness (QED) is 0.809. The van der Waals surface area contributed by atoms with E-state index in [1.165, 1.54) is 0 Å². The highest BCUT2D eigenvalue weighted by Gasteiger charge is 2.21. The molecular formula is C16H24N2O2. The lowest BCUT2D eigenvalue weighted by Gasteiger charge is -2.23. The molecule has 0 bridgehead atoms. The van der Waals surface area contributed by atoms with Crippen molar-refractivity contribution in [3.05, 3.63) is 29.8 Å². The van der Waals surface area contributed by atoms with E-state index in [2.05, 4.69) is 0 Å². The van der Waals surface area contributed by atoms with E-state index in [4.69, 9.17) is 10.5 Å². The van der Waals surface area contributed by atoms with Crippen molar-refractivity contribution < 1.29 is 9.53 Å². The molecule has 1 aromatic carbocycles. The summed E-state index contributed by atoms with van der Waals surface area (Å²) in [4.78, 5) is 14.2. The van der Waals surface area contributed by atoms with Gasteiger partial charge in [-0.05, 0) is 37.5 Å². The molecule has 1 fully saturated rings. The average molecular weight is 276 g/mol. The number of hydrogen-bond acceptors (Lipinski definition) is 3. The minimum atomic E-state index is 0.233. The highest BCUT2D eigenvalue weighted by atomic mass is 16.5. The number of carbonyl (C=O) groups is 1. The molecule has 0 radical (unpaired) electrons. The molecule has 110 valence electrons. The topological polar surface area (TPSA) is 55.6 Å². The summed E-state index contributed by atoms with van der Waals surface area (Å²) < 4.78 is 5.37. The number of nitrogen functional groups attached to an aromatic ring is 1. The van der Waals surface area contributed by atoms with Crippen LogP contribution in [-0.2, 0) is 16.0 Å². The van der Waals surface area contributed by atoms with E-state index in [-0.39, 0.29) is 5.91 Å². The number of ether oxygens (including phenoxy) is 1. The summed E-state index contributed by atoms with van der Waals surface area (Å²) in [6, 6.07) is 7.74. The summed E-state index contributed by atoms with van der Waals surface area (Å²) in [5, 5.41) is 0. The molecule has 2 N–H and O–H groups in total. The van der Waals surface area contributed by atoms with E-state index in [0.29, 0.717) is 12.3 Å². The van der Waals surface area contributed by atoms with Crippen LogP contribution in [0.15, 0.2) is 24.3 Å². The van der Waals surface area contributed by atoms with E-state index in [9.17, 15) is 4.79 Å². The fourth-order valence-corrected chi connectivity index (χ4v) is 2.54. The Morgan fingerprint density at radius 2 is 2.15 bits per heavy atom. The zero-order valence-corrected chi connectivity index (χ0v) is 12.2. The molecule has 1 aliphatic rings. The number of carbonyl (C=O) groups excluding carboxylic acids is 1. The second-order valence-electron chi connectivity index (χ2n) is 5.40. The summed E-state index contributed by atoms with van der Waals surface area (Å²) in [5.74, 6) is 0.742. The van der Waals surface area contributed by atoms with Crippen LogP contribution >= 0.6 is 0 Å². The van der Waals surface area contributed by atoms with Crippen LogP contribution in [0.3, 0.4) is 0 Å². The second-order valence-corrected chi connectivity index (χ2v) is 5.40. The van der Waals surface area contributed by atoms with Crippen molar-refractivity contribution in [1.29, 1.82) is 0 Å². The van der Waals surface area contributed by atoms with Crippen molar-refractivity contribution in [3.63, 3.8) is 0 Å². The van der Waals surface area contributed by atoms with E-state index < -0.39 is 0 Å². The number of nitrogens with zero attached hydrogens (tertiary/aromatic N) is 1. The van der Waals surface area contributed by atoms with Crippen LogP contribution in [0.1, 0.15) is 25.3 Å². The molecule has 0 saturated carbocycles. The van der Waals surface area contributed by atoms with Crippen LogP contribution in [0.25, 0.3) is 0 Å². The van der Waals surface area contributed by atoms with Crippen molar-refractivity contribution in [2.75, 3.05) is 32.0 Å². The highest BCUT2D eigenvalue weighted by Crippen LogP contribution is 2.15. The standard InChI is InChI=1S/C16H24N2O2/c1-2-18(11-14-9-10-20-12-14)16(19)8-5-13-3-6-15(17)7-4-13/h3-4,6-7,14H,2,5,8-12,17H2,1H3. The normalized spacial score (nSPS) is 18.1. The Hall–Kier alpha value is -1.55. The van der Waals surface area contributed by atoms with Gasteiger partial charge < -0.3 is 15.4 Å². The lowest BCUT2D eigenvalue weighted by molar-refractivity contribution is -0.131. The van der Waals surface area contributed by atoms with Gasteiger partial charge in [-0.15, -0.1) is 0 Å². The number of benzene rings is 1. The van der Waals surface area contributed by atoms with Crippen LogP contribution in [0.5, 0.6) is 0 Å². The first-order chi connectivity index (χ1) is 9.69. The van der Waals surface area contributed by atoms with Crippen LogP contribution in [-0.4, -0.2) is 37.1 Å². The zero-order valence-electron chi connectivity index (χ0n) is 12.2. The summed E-state index contributed by atoms with van der Waals surface area (Å²) in [6.45, 7) is 5.27. The number of nitrogens with two attached hydrogens (primary N) is 1. The molecule has 0 aliphatic carbocycles. The predicted molar refractivity (Wildman–Crippen MR) is 80.4 cm³/mol. The Bertz CT molecular complexity index is 425. The number of anilines is 1. The molecular weight excluding hydrogens is 252 g/mol. The zero-order chi connectivity index (χ0) is 14.4. The van der Waals surface area contributed by atoms with Crippen molar-refractivity contribution in [2.45, 2.75) is 26.2 Å². The largest absolute Gasteiger partial charge is 0.399 e. The van der Waals surface area contributed by atoms with E-state index in [0.717, 1.165) is 50.4 Å². The van der Waals surface area contributed by atoms with Gasteiger partial charge in [0, 0.05) is 37.7 Å². The Morgan fingerprint density at radius 3 is 2.75 bits per heavy atom. The van der Waals surface area contributed by atoms with Gasteiger partial charge in [0.15, 0.2) is 0 Å². The molecule has 1 amide bonds. The first-order valence-electron chi connectivity index (χ1n) is 7.39. The second kappa shape index (κ2) is 7.29. The maximum atomic E-state index is 12.3. The molecule has 4 nitrogen and oxygen atoms in total.